The molecule has 1 saturated carbocycles. The Labute approximate surface area is 120 Å². The molecule has 108 valence electrons. The number of furan rings is 1. The van der Waals surface area contributed by atoms with Crippen LogP contribution in [0, 0.1) is 5.92 Å². The van der Waals surface area contributed by atoms with E-state index in [0.717, 1.165) is 35.5 Å². The first-order valence-corrected chi connectivity index (χ1v) is 7.54. The second-order valence-corrected chi connectivity index (χ2v) is 6.23. The smallest absolute Gasteiger partial charge is 0.134 e. The average molecular weight is 273 g/mol. The summed E-state index contributed by atoms with van der Waals surface area (Å²) in [7, 11) is 0. The molecule has 1 aliphatic rings. The maximum atomic E-state index is 9.75. The summed E-state index contributed by atoms with van der Waals surface area (Å²) >= 11 is 0. The normalized spacial score (nSPS) is 27.0. The van der Waals surface area contributed by atoms with Crippen molar-refractivity contribution < 1.29 is 9.52 Å². The third kappa shape index (κ3) is 2.74. The van der Waals surface area contributed by atoms with Crippen LogP contribution in [-0.4, -0.2) is 17.3 Å². The molecule has 3 nitrogen and oxygen atoms in total. The first kappa shape index (κ1) is 13.7. The third-order valence-electron chi connectivity index (χ3n) is 4.65. The van der Waals surface area contributed by atoms with Crippen LogP contribution in [0.3, 0.4) is 0 Å². The lowest BCUT2D eigenvalue weighted by atomic mass is 9.77. The average Bonchev–Trinajstić information content (AvgIpc) is 2.90. The molecule has 1 aromatic carbocycles. The van der Waals surface area contributed by atoms with Gasteiger partial charge in [0.1, 0.15) is 11.3 Å². The summed E-state index contributed by atoms with van der Waals surface area (Å²) in [5.74, 6) is 1.72. The Morgan fingerprint density at radius 1 is 1.30 bits per heavy atom. The van der Waals surface area contributed by atoms with Gasteiger partial charge in [-0.1, -0.05) is 25.1 Å². The van der Waals surface area contributed by atoms with Crippen molar-refractivity contribution in [2.24, 2.45) is 5.92 Å². The molecular weight excluding hydrogens is 250 g/mol. The van der Waals surface area contributed by atoms with Gasteiger partial charge >= 0.3 is 0 Å². The van der Waals surface area contributed by atoms with Gasteiger partial charge in [0.2, 0.25) is 0 Å². The van der Waals surface area contributed by atoms with Crippen molar-refractivity contribution in [3.05, 3.63) is 36.1 Å². The molecule has 1 aromatic heterocycles. The van der Waals surface area contributed by atoms with Crippen LogP contribution in [0.15, 0.2) is 34.7 Å². The Bertz CT molecular complexity index is 534. The number of hydrogen-bond donors (Lipinski definition) is 2. The molecule has 0 atom stereocenters. The zero-order valence-electron chi connectivity index (χ0n) is 12.1. The van der Waals surface area contributed by atoms with Crippen molar-refractivity contribution in [1.82, 2.24) is 5.32 Å². The van der Waals surface area contributed by atoms with Crippen LogP contribution >= 0.6 is 0 Å². The van der Waals surface area contributed by atoms with Crippen LogP contribution in [0.2, 0.25) is 0 Å². The first-order valence-electron chi connectivity index (χ1n) is 7.54. The fourth-order valence-corrected chi connectivity index (χ4v) is 3.10. The summed E-state index contributed by atoms with van der Waals surface area (Å²) in [6, 6.07) is 10.1. The number of fused-ring (bicyclic) bond motifs is 1. The van der Waals surface area contributed by atoms with Crippen molar-refractivity contribution in [2.45, 2.75) is 44.7 Å². The van der Waals surface area contributed by atoms with E-state index < -0.39 is 0 Å². The minimum atomic E-state index is -0.120. The van der Waals surface area contributed by atoms with E-state index in [9.17, 15) is 5.11 Å². The van der Waals surface area contributed by atoms with Gasteiger partial charge in [0.15, 0.2) is 0 Å². The van der Waals surface area contributed by atoms with Gasteiger partial charge in [0, 0.05) is 10.9 Å². The predicted octanol–water partition coefficient (Wildman–Crippen LogP) is 3.46. The maximum absolute atomic E-state index is 9.75. The monoisotopic (exact) mass is 273 g/mol. The Morgan fingerprint density at radius 3 is 2.75 bits per heavy atom. The topological polar surface area (TPSA) is 45.4 Å². The number of hydrogen-bond acceptors (Lipinski definition) is 3. The standard InChI is InChI=1S/C17H23NO2/c1-13-6-8-17(12-19,9-7-13)18-11-15-10-14-4-2-3-5-16(14)20-15/h2-5,10,13,18-19H,6-9,11-12H2,1H3. The van der Waals surface area contributed by atoms with Gasteiger partial charge in [-0.3, -0.25) is 0 Å². The highest BCUT2D eigenvalue weighted by Gasteiger charge is 2.33. The molecule has 0 amide bonds. The lowest BCUT2D eigenvalue weighted by Crippen LogP contribution is -2.50. The molecule has 0 radical (unpaired) electrons. The molecule has 2 aromatic rings. The summed E-state index contributed by atoms with van der Waals surface area (Å²) < 4.78 is 5.83. The Morgan fingerprint density at radius 2 is 2.05 bits per heavy atom. The largest absolute Gasteiger partial charge is 0.460 e. The fraction of sp³-hybridized carbons (Fsp3) is 0.529. The van der Waals surface area contributed by atoms with E-state index in [-0.39, 0.29) is 12.1 Å². The summed E-state index contributed by atoms with van der Waals surface area (Å²) in [6.45, 7) is 3.18. The SMILES string of the molecule is CC1CCC(CO)(NCc2cc3ccccc3o2)CC1. The van der Waals surface area contributed by atoms with Crippen LogP contribution in [0.5, 0.6) is 0 Å². The Kier molecular flexibility index (Phi) is 3.81. The molecule has 1 heterocycles. The highest BCUT2D eigenvalue weighted by Crippen LogP contribution is 2.32. The summed E-state index contributed by atoms with van der Waals surface area (Å²) in [5.41, 5.74) is 0.811. The number of aliphatic hydroxyl groups is 1. The van der Waals surface area contributed by atoms with E-state index in [0.29, 0.717) is 6.54 Å². The van der Waals surface area contributed by atoms with Gasteiger partial charge in [0.25, 0.3) is 0 Å². The highest BCUT2D eigenvalue weighted by molar-refractivity contribution is 5.77. The molecule has 0 saturated heterocycles. The van der Waals surface area contributed by atoms with Gasteiger partial charge in [-0.25, -0.2) is 0 Å². The van der Waals surface area contributed by atoms with E-state index in [4.69, 9.17) is 4.42 Å². The Hall–Kier alpha value is -1.32. The van der Waals surface area contributed by atoms with Crippen molar-refractivity contribution in [2.75, 3.05) is 6.61 Å². The van der Waals surface area contributed by atoms with Gasteiger partial charge < -0.3 is 14.8 Å². The zero-order chi connectivity index (χ0) is 14.0. The molecule has 0 spiro atoms. The summed E-state index contributed by atoms with van der Waals surface area (Å²) in [6.07, 6.45) is 4.47. The number of aliphatic hydroxyl groups excluding tert-OH is 1. The first-order chi connectivity index (χ1) is 9.71. The van der Waals surface area contributed by atoms with E-state index >= 15 is 0 Å². The van der Waals surface area contributed by atoms with Crippen molar-refractivity contribution >= 4 is 11.0 Å². The quantitative estimate of drug-likeness (QED) is 0.896. The maximum Gasteiger partial charge on any atom is 0.134 e. The minimum Gasteiger partial charge on any atom is -0.460 e. The lowest BCUT2D eigenvalue weighted by Gasteiger charge is -2.38. The van der Waals surface area contributed by atoms with Crippen LogP contribution in [-0.2, 0) is 6.54 Å². The molecule has 0 aliphatic heterocycles. The minimum absolute atomic E-state index is 0.120. The van der Waals surface area contributed by atoms with E-state index in [2.05, 4.69) is 24.4 Å². The second kappa shape index (κ2) is 5.58. The van der Waals surface area contributed by atoms with Gasteiger partial charge in [-0.05, 0) is 43.7 Å². The zero-order valence-corrected chi connectivity index (χ0v) is 12.1. The third-order valence-corrected chi connectivity index (χ3v) is 4.65. The van der Waals surface area contributed by atoms with Crippen LogP contribution in [0.1, 0.15) is 38.4 Å². The summed E-state index contributed by atoms with van der Waals surface area (Å²) in [4.78, 5) is 0. The van der Waals surface area contributed by atoms with Gasteiger partial charge in [-0.2, -0.15) is 0 Å². The van der Waals surface area contributed by atoms with Crippen molar-refractivity contribution in [3.63, 3.8) is 0 Å². The number of para-hydroxylation sites is 1. The van der Waals surface area contributed by atoms with E-state index in [1.807, 2.05) is 18.2 Å². The van der Waals surface area contributed by atoms with Crippen LogP contribution in [0.25, 0.3) is 11.0 Å². The molecule has 1 fully saturated rings. The Balaban J connectivity index is 1.68. The molecule has 0 bridgehead atoms. The van der Waals surface area contributed by atoms with Crippen LogP contribution < -0.4 is 5.32 Å². The van der Waals surface area contributed by atoms with Gasteiger partial charge in [-0.15, -0.1) is 0 Å². The lowest BCUT2D eigenvalue weighted by molar-refractivity contribution is 0.102. The van der Waals surface area contributed by atoms with E-state index in [1.54, 1.807) is 0 Å². The molecule has 0 unspecified atom stereocenters. The number of benzene rings is 1. The molecule has 2 N–H and O–H groups in total. The summed E-state index contributed by atoms with van der Waals surface area (Å²) in [5, 5.41) is 14.4. The van der Waals surface area contributed by atoms with E-state index in [1.165, 1.54) is 12.8 Å². The van der Waals surface area contributed by atoms with Gasteiger partial charge in [0.05, 0.1) is 13.2 Å². The van der Waals surface area contributed by atoms with Crippen molar-refractivity contribution in [3.8, 4) is 0 Å². The second-order valence-electron chi connectivity index (χ2n) is 6.23. The van der Waals surface area contributed by atoms with Crippen molar-refractivity contribution in [1.29, 1.82) is 0 Å². The fourth-order valence-electron chi connectivity index (χ4n) is 3.10. The predicted molar refractivity (Wildman–Crippen MR) is 80.5 cm³/mol. The number of rotatable bonds is 4. The van der Waals surface area contributed by atoms with Crippen LogP contribution in [0.4, 0.5) is 0 Å². The highest BCUT2D eigenvalue weighted by atomic mass is 16.3. The molecule has 1 aliphatic carbocycles. The molecule has 3 heteroatoms. The molecule has 20 heavy (non-hydrogen) atoms. The molecule has 3 rings (SSSR count). The molecular formula is C17H23NO2. The number of nitrogens with one attached hydrogen (secondary N) is 1.